The van der Waals surface area contributed by atoms with E-state index in [4.69, 9.17) is 27.9 Å². The number of aliphatic hydroxyl groups excluding tert-OH is 1. The predicted molar refractivity (Wildman–Crippen MR) is 173 cm³/mol. The van der Waals surface area contributed by atoms with E-state index in [-0.39, 0.29) is 50.9 Å². The molecule has 1 heterocycles. The zero-order valence-corrected chi connectivity index (χ0v) is 27.8. The lowest BCUT2D eigenvalue weighted by Crippen LogP contribution is -2.44. The predicted octanol–water partition coefficient (Wildman–Crippen LogP) is 6.52. The van der Waals surface area contributed by atoms with E-state index in [1.807, 2.05) is 20.8 Å². The van der Waals surface area contributed by atoms with Crippen molar-refractivity contribution < 1.29 is 28.2 Å². The molecule has 3 N–H and O–H groups in total. The quantitative estimate of drug-likeness (QED) is 0.226. The zero-order chi connectivity index (χ0) is 34.0. The second-order valence-electron chi connectivity index (χ2n) is 12.9. The van der Waals surface area contributed by atoms with Gasteiger partial charge in [0.1, 0.15) is 22.8 Å². The van der Waals surface area contributed by atoms with E-state index >= 15 is 8.78 Å². The number of methoxy groups -OCH3 is 1. The first kappa shape index (κ1) is 35.3. The number of carbonyl (C=O) groups is 2. The summed E-state index contributed by atoms with van der Waals surface area (Å²) in [5.41, 5.74) is -1.42. The molecule has 3 aromatic rings. The molecule has 0 saturated carbocycles. The molecule has 244 valence electrons. The molecule has 1 aliphatic rings. The molecule has 0 aliphatic carbocycles. The highest BCUT2D eigenvalue weighted by Crippen LogP contribution is 2.53. The molecule has 0 aromatic heterocycles. The monoisotopic (exact) mass is 671 g/mol. The third kappa shape index (κ3) is 7.06. The number of Topliss-reactive ketones (excluding diaryl/α,β-unsaturated/α-hetero) is 1. The summed E-state index contributed by atoms with van der Waals surface area (Å²) in [5, 5.41) is 26.2. The number of rotatable bonds is 10. The average molecular weight is 673 g/mol. The minimum Gasteiger partial charge on any atom is -0.496 e. The number of nitriles is 1. The Morgan fingerprint density at radius 3 is 2.48 bits per heavy atom. The summed E-state index contributed by atoms with van der Waals surface area (Å²) in [6.45, 7) is 7.30. The normalized spacial score (nSPS) is 21.8. The van der Waals surface area contributed by atoms with Crippen molar-refractivity contribution in [1.29, 1.82) is 5.26 Å². The van der Waals surface area contributed by atoms with E-state index in [9.17, 15) is 20.0 Å². The average Bonchev–Trinajstić information content (AvgIpc) is 3.31. The highest BCUT2D eigenvalue weighted by atomic mass is 35.5. The molecule has 46 heavy (non-hydrogen) atoms. The molecule has 4 rings (SSSR count). The standard InChI is InChI=1S/C35H37Cl2F2N3O4/c1-19(17-43)41-33(45)21-10-9-20(28(14-21)46-5)13-27(44)32-30(23-7-6-8-25(37)31(23)39)35(18-40,29(42-32)16-34(2,3)4)24-12-11-22(36)15-26(24)38/h6-12,14-15,19,29-30,32,42-43H,13,16-17H2,1-5H3,(H,41,45)/t19?,29-,30-,32-,35-/m0/s1. The van der Waals surface area contributed by atoms with Crippen LogP contribution in [0.15, 0.2) is 54.6 Å². The third-order valence-electron chi connectivity index (χ3n) is 8.36. The molecule has 1 unspecified atom stereocenters. The van der Waals surface area contributed by atoms with Gasteiger partial charge in [0.2, 0.25) is 0 Å². The summed E-state index contributed by atoms with van der Waals surface area (Å²) in [6.07, 6.45) is 0.131. The van der Waals surface area contributed by atoms with Gasteiger partial charge >= 0.3 is 0 Å². The van der Waals surface area contributed by atoms with Crippen LogP contribution in [0, 0.1) is 28.4 Å². The van der Waals surface area contributed by atoms with Crippen LogP contribution in [-0.2, 0) is 16.6 Å². The Hall–Kier alpha value is -3.55. The second kappa shape index (κ2) is 14.1. The Balaban J connectivity index is 1.87. The molecule has 1 amide bonds. The van der Waals surface area contributed by atoms with Crippen LogP contribution in [0.25, 0.3) is 0 Å². The SMILES string of the molecule is COc1cc(C(=O)NC(C)CO)ccc1CC(=O)[C@@H]1N[C@@H](CC(C)(C)C)[C@](C#N)(c2ccc(Cl)cc2F)[C@H]1c1cccc(Cl)c1F. The van der Waals surface area contributed by atoms with Gasteiger partial charge in [0.05, 0.1) is 30.9 Å². The lowest BCUT2D eigenvalue weighted by molar-refractivity contribution is -0.120. The first-order valence-corrected chi connectivity index (χ1v) is 15.6. The van der Waals surface area contributed by atoms with Crippen LogP contribution in [0.5, 0.6) is 5.75 Å². The molecule has 0 bridgehead atoms. The van der Waals surface area contributed by atoms with E-state index in [1.54, 1.807) is 13.0 Å². The number of aliphatic hydroxyl groups is 1. The van der Waals surface area contributed by atoms with Crippen molar-refractivity contribution in [1.82, 2.24) is 10.6 Å². The molecule has 7 nitrogen and oxygen atoms in total. The molecule has 3 aromatic carbocycles. The lowest BCUT2D eigenvalue weighted by atomic mass is 9.62. The van der Waals surface area contributed by atoms with Crippen molar-refractivity contribution in [2.75, 3.05) is 13.7 Å². The van der Waals surface area contributed by atoms with Crippen LogP contribution < -0.4 is 15.4 Å². The Bertz CT molecular complexity index is 1670. The van der Waals surface area contributed by atoms with Gasteiger partial charge in [-0.3, -0.25) is 9.59 Å². The number of carbonyl (C=O) groups excluding carboxylic acids is 2. The molecular formula is C35H37Cl2F2N3O4. The number of nitrogens with one attached hydrogen (secondary N) is 2. The fourth-order valence-corrected chi connectivity index (χ4v) is 6.63. The Morgan fingerprint density at radius 2 is 1.87 bits per heavy atom. The second-order valence-corrected chi connectivity index (χ2v) is 13.8. The molecule has 1 saturated heterocycles. The number of halogens is 4. The number of hydrogen-bond acceptors (Lipinski definition) is 6. The van der Waals surface area contributed by atoms with Gasteiger partial charge < -0.3 is 20.5 Å². The summed E-state index contributed by atoms with van der Waals surface area (Å²) < 4.78 is 37.3. The van der Waals surface area contributed by atoms with Gasteiger partial charge in [0.15, 0.2) is 5.78 Å². The van der Waals surface area contributed by atoms with Gasteiger partial charge in [-0.2, -0.15) is 5.26 Å². The number of amides is 1. The van der Waals surface area contributed by atoms with Gasteiger partial charge in [0.25, 0.3) is 5.91 Å². The maximum Gasteiger partial charge on any atom is 0.251 e. The fraction of sp³-hybridized carbons (Fsp3) is 0.400. The van der Waals surface area contributed by atoms with Crippen molar-refractivity contribution in [2.45, 2.75) is 70.0 Å². The molecular weight excluding hydrogens is 635 g/mol. The molecule has 0 spiro atoms. The Labute approximate surface area is 277 Å². The van der Waals surface area contributed by atoms with Crippen molar-refractivity contribution in [3.8, 4) is 11.8 Å². The number of ether oxygens (including phenoxy) is 1. The van der Waals surface area contributed by atoms with Crippen molar-refractivity contribution in [3.63, 3.8) is 0 Å². The summed E-state index contributed by atoms with van der Waals surface area (Å²) in [6, 6.07) is 12.9. The van der Waals surface area contributed by atoms with E-state index in [0.717, 1.165) is 6.07 Å². The third-order valence-corrected chi connectivity index (χ3v) is 8.89. The molecule has 0 radical (unpaired) electrons. The number of benzene rings is 3. The lowest BCUT2D eigenvalue weighted by Gasteiger charge is -2.37. The zero-order valence-electron chi connectivity index (χ0n) is 26.3. The largest absolute Gasteiger partial charge is 0.496 e. The molecule has 5 atom stereocenters. The number of nitrogens with zero attached hydrogens (tertiary/aromatic N) is 1. The van der Waals surface area contributed by atoms with Crippen LogP contribution in [0.4, 0.5) is 8.78 Å². The highest BCUT2D eigenvalue weighted by Gasteiger charge is 2.60. The van der Waals surface area contributed by atoms with Crippen LogP contribution in [-0.4, -0.2) is 48.6 Å². The minimum absolute atomic E-state index is 0.00245. The van der Waals surface area contributed by atoms with E-state index < -0.39 is 52.8 Å². The Morgan fingerprint density at radius 1 is 1.15 bits per heavy atom. The summed E-state index contributed by atoms with van der Waals surface area (Å²) in [7, 11) is 1.41. The summed E-state index contributed by atoms with van der Waals surface area (Å²) in [5.74, 6) is -3.31. The number of hydrogen-bond donors (Lipinski definition) is 3. The van der Waals surface area contributed by atoms with Crippen LogP contribution >= 0.6 is 23.2 Å². The maximum absolute atomic E-state index is 15.9. The van der Waals surface area contributed by atoms with Crippen LogP contribution in [0.3, 0.4) is 0 Å². The highest BCUT2D eigenvalue weighted by molar-refractivity contribution is 6.31. The minimum atomic E-state index is -1.75. The first-order valence-electron chi connectivity index (χ1n) is 14.8. The van der Waals surface area contributed by atoms with Gasteiger partial charge in [-0.05, 0) is 54.7 Å². The van der Waals surface area contributed by atoms with Gasteiger partial charge in [-0.1, -0.05) is 68.2 Å². The van der Waals surface area contributed by atoms with Crippen molar-refractivity contribution >= 4 is 34.9 Å². The molecule has 1 fully saturated rings. The Kier molecular flexibility index (Phi) is 10.8. The van der Waals surface area contributed by atoms with E-state index in [1.165, 1.54) is 49.6 Å². The smallest absolute Gasteiger partial charge is 0.251 e. The van der Waals surface area contributed by atoms with E-state index in [0.29, 0.717) is 12.0 Å². The fourth-order valence-electron chi connectivity index (χ4n) is 6.29. The van der Waals surface area contributed by atoms with Gasteiger partial charge in [-0.15, -0.1) is 0 Å². The van der Waals surface area contributed by atoms with Crippen LogP contribution in [0.2, 0.25) is 10.0 Å². The van der Waals surface area contributed by atoms with Gasteiger partial charge in [0, 0.05) is 46.1 Å². The summed E-state index contributed by atoms with van der Waals surface area (Å²) >= 11 is 12.3. The van der Waals surface area contributed by atoms with Crippen molar-refractivity contribution in [2.24, 2.45) is 5.41 Å². The summed E-state index contributed by atoms with van der Waals surface area (Å²) in [4.78, 5) is 27.0. The van der Waals surface area contributed by atoms with E-state index in [2.05, 4.69) is 16.7 Å². The number of ketones is 1. The molecule has 1 aliphatic heterocycles. The van der Waals surface area contributed by atoms with Crippen molar-refractivity contribution in [3.05, 3.63) is 98.5 Å². The van der Waals surface area contributed by atoms with Crippen LogP contribution in [0.1, 0.15) is 67.1 Å². The van der Waals surface area contributed by atoms with Gasteiger partial charge in [-0.25, -0.2) is 8.78 Å². The first-order chi connectivity index (χ1) is 21.7. The topological polar surface area (TPSA) is 111 Å². The maximum atomic E-state index is 15.9. The molecule has 11 heteroatoms.